The van der Waals surface area contributed by atoms with Gasteiger partial charge >= 0.3 is 0 Å². The number of carbonyl (C=O) groups excluding carboxylic acids is 1. The molecule has 3 aromatic rings. The van der Waals surface area contributed by atoms with Gasteiger partial charge in [0.25, 0.3) is 5.56 Å². The number of halogens is 1. The Balaban J connectivity index is 1.49. The fourth-order valence-electron chi connectivity index (χ4n) is 4.21. The third kappa shape index (κ3) is 5.52. The van der Waals surface area contributed by atoms with Gasteiger partial charge in [0.1, 0.15) is 5.84 Å². The zero-order valence-corrected chi connectivity index (χ0v) is 21.7. The number of piperazine rings is 1. The molecule has 2 aromatic heterocycles. The summed E-state index contributed by atoms with van der Waals surface area (Å²) in [6.07, 6.45) is 2.59. The van der Waals surface area contributed by atoms with Crippen LogP contribution >= 0.6 is 0 Å². The van der Waals surface area contributed by atoms with Crippen molar-refractivity contribution >= 4 is 23.4 Å². The summed E-state index contributed by atoms with van der Waals surface area (Å²) in [5.74, 6) is -0.168. The van der Waals surface area contributed by atoms with E-state index in [1.54, 1.807) is 27.8 Å². The van der Waals surface area contributed by atoms with E-state index in [9.17, 15) is 14.0 Å². The Morgan fingerprint density at radius 3 is 2.49 bits per heavy atom. The maximum absolute atomic E-state index is 14.3. The molecule has 0 saturated carbocycles. The molecule has 0 radical (unpaired) electrons. The molecule has 0 unspecified atom stereocenters. The minimum absolute atomic E-state index is 0.0217. The van der Waals surface area contributed by atoms with Crippen LogP contribution in [0.25, 0.3) is 11.3 Å². The number of pyridine rings is 1. The van der Waals surface area contributed by atoms with Gasteiger partial charge in [-0.25, -0.2) is 9.37 Å². The topological polar surface area (TPSA) is 107 Å². The molecule has 0 aliphatic carbocycles. The lowest BCUT2D eigenvalue weighted by atomic mass is 9.95. The molecule has 1 amide bonds. The predicted octanol–water partition coefficient (Wildman–Crippen LogP) is 3.18. The Kier molecular flexibility index (Phi) is 7.11. The van der Waals surface area contributed by atoms with Crippen LogP contribution in [0, 0.1) is 16.6 Å². The van der Waals surface area contributed by atoms with Gasteiger partial charge in [-0.1, -0.05) is 20.8 Å². The fraction of sp³-hybridized carbons (Fsp3) is 0.370. The summed E-state index contributed by atoms with van der Waals surface area (Å²) in [4.78, 5) is 37.6. The van der Waals surface area contributed by atoms with E-state index in [0.29, 0.717) is 31.1 Å². The van der Waals surface area contributed by atoms with Gasteiger partial charge in [0, 0.05) is 67.2 Å². The molecule has 2 N–H and O–H groups in total. The van der Waals surface area contributed by atoms with Gasteiger partial charge in [-0.05, 0) is 37.3 Å². The third-order valence-corrected chi connectivity index (χ3v) is 6.48. The van der Waals surface area contributed by atoms with Crippen LogP contribution in [0.4, 0.5) is 16.0 Å². The van der Waals surface area contributed by atoms with E-state index >= 15 is 0 Å². The molecule has 0 spiro atoms. The SMILES string of the molecule is C[C@@H]1CN(c2ccc(C(=N)NC(=O)C(C)(C)C)cc2)CCN1c1nc(-c2ccncc2F)cc(=O)n1C. The fourth-order valence-corrected chi connectivity index (χ4v) is 4.21. The maximum Gasteiger partial charge on any atom is 0.255 e. The van der Waals surface area contributed by atoms with Crippen LogP contribution in [0.2, 0.25) is 0 Å². The molecule has 10 heteroatoms. The first kappa shape index (κ1) is 26.0. The van der Waals surface area contributed by atoms with Crippen molar-refractivity contribution in [1.82, 2.24) is 19.9 Å². The van der Waals surface area contributed by atoms with Crippen molar-refractivity contribution in [2.75, 3.05) is 29.4 Å². The zero-order valence-electron chi connectivity index (χ0n) is 21.7. The zero-order chi connectivity index (χ0) is 26.9. The highest BCUT2D eigenvalue weighted by Crippen LogP contribution is 2.25. The average molecular weight is 506 g/mol. The molecule has 4 rings (SSSR count). The molecule has 9 nitrogen and oxygen atoms in total. The number of anilines is 2. The van der Waals surface area contributed by atoms with Crippen molar-refractivity contribution in [1.29, 1.82) is 5.41 Å². The molecule has 1 aliphatic heterocycles. The van der Waals surface area contributed by atoms with Crippen LogP contribution in [-0.4, -0.2) is 52.0 Å². The first-order valence-electron chi connectivity index (χ1n) is 12.2. The second-order valence-corrected chi connectivity index (χ2v) is 10.3. The molecule has 0 bridgehead atoms. The first-order chi connectivity index (χ1) is 17.5. The van der Waals surface area contributed by atoms with E-state index in [1.807, 2.05) is 24.3 Å². The van der Waals surface area contributed by atoms with Crippen LogP contribution in [0.15, 0.2) is 53.6 Å². The van der Waals surface area contributed by atoms with Crippen molar-refractivity contribution < 1.29 is 9.18 Å². The van der Waals surface area contributed by atoms with Crippen molar-refractivity contribution in [2.24, 2.45) is 12.5 Å². The summed E-state index contributed by atoms with van der Waals surface area (Å²) in [6.45, 7) is 9.46. The number of benzene rings is 1. The number of nitrogens with zero attached hydrogens (tertiary/aromatic N) is 5. The standard InChI is InChI=1S/C27H32FN7O2/c1-17-16-34(19-8-6-18(7-9-19)24(29)32-25(37)27(2,3)4)12-13-35(17)26-31-22(14-23(36)33(26)5)20-10-11-30-15-21(20)28/h6-11,14-15,17H,12-13,16H2,1-5H3,(H2,29,32,37)/t17-/m1/s1. The molecule has 1 aliphatic rings. The summed E-state index contributed by atoms with van der Waals surface area (Å²) in [6, 6.07) is 10.4. The molecule has 1 fully saturated rings. The smallest absolute Gasteiger partial charge is 0.255 e. The van der Waals surface area contributed by atoms with Gasteiger partial charge in [-0.3, -0.25) is 24.5 Å². The van der Waals surface area contributed by atoms with Crippen molar-refractivity contribution in [3.63, 3.8) is 0 Å². The van der Waals surface area contributed by atoms with Gasteiger partial charge in [0.15, 0.2) is 5.82 Å². The molecular weight excluding hydrogens is 473 g/mol. The number of nitrogens with one attached hydrogen (secondary N) is 2. The van der Waals surface area contributed by atoms with Gasteiger partial charge in [0.05, 0.1) is 11.9 Å². The highest BCUT2D eigenvalue weighted by atomic mass is 19.1. The normalized spacial score (nSPS) is 16.0. The van der Waals surface area contributed by atoms with E-state index < -0.39 is 11.2 Å². The van der Waals surface area contributed by atoms with Crippen LogP contribution < -0.4 is 20.7 Å². The lowest BCUT2D eigenvalue weighted by Crippen LogP contribution is -2.53. The molecule has 1 saturated heterocycles. The molecule has 1 aromatic carbocycles. The number of carbonyl (C=O) groups is 1. The van der Waals surface area contributed by atoms with Crippen LogP contribution in [-0.2, 0) is 11.8 Å². The summed E-state index contributed by atoms with van der Waals surface area (Å²) < 4.78 is 15.8. The van der Waals surface area contributed by atoms with Gasteiger partial charge in [-0.2, -0.15) is 0 Å². The number of rotatable bonds is 4. The Morgan fingerprint density at radius 1 is 1.16 bits per heavy atom. The van der Waals surface area contributed by atoms with Gasteiger partial charge in [0.2, 0.25) is 11.9 Å². The monoisotopic (exact) mass is 505 g/mol. The summed E-state index contributed by atoms with van der Waals surface area (Å²) in [5, 5.41) is 10.9. The molecular formula is C27H32FN7O2. The predicted molar refractivity (Wildman–Crippen MR) is 143 cm³/mol. The van der Waals surface area contributed by atoms with Gasteiger partial charge < -0.3 is 15.1 Å². The van der Waals surface area contributed by atoms with Crippen LogP contribution in [0.3, 0.4) is 0 Å². The number of hydrogen-bond donors (Lipinski definition) is 2. The largest absolute Gasteiger partial charge is 0.368 e. The second kappa shape index (κ2) is 10.1. The Bertz CT molecular complexity index is 1380. The van der Waals surface area contributed by atoms with Crippen molar-refractivity contribution in [3.05, 3.63) is 70.5 Å². The Morgan fingerprint density at radius 2 is 1.86 bits per heavy atom. The summed E-state index contributed by atoms with van der Waals surface area (Å²) >= 11 is 0. The lowest BCUT2D eigenvalue weighted by Gasteiger charge is -2.42. The number of hydrogen-bond acceptors (Lipinski definition) is 7. The highest BCUT2D eigenvalue weighted by Gasteiger charge is 2.28. The summed E-state index contributed by atoms with van der Waals surface area (Å²) in [5.41, 5.74) is 1.31. The van der Waals surface area contributed by atoms with Crippen LogP contribution in [0.5, 0.6) is 0 Å². The lowest BCUT2D eigenvalue weighted by molar-refractivity contribution is -0.126. The summed E-state index contributed by atoms with van der Waals surface area (Å²) in [7, 11) is 1.67. The van der Waals surface area contributed by atoms with E-state index in [0.717, 1.165) is 11.9 Å². The van der Waals surface area contributed by atoms with Crippen molar-refractivity contribution in [2.45, 2.75) is 33.7 Å². The Hall–Kier alpha value is -4.08. The van der Waals surface area contributed by atoms with E-state index in [-0.39, 0.29) is 34.6 Å². The number of aromatic nitrogens is 3. The average Bonchev–Trinajstić information content (AvgIpc) is 2.85. The van der Waals surface area contributed by atoms with Crippen molar-refractivity contribution in [3.8, 4) is 11.3 Å². The number of amides is 1. The second-order valence-electron chi connectivity index (χ2n) is 10.3. The van der Waals surface area contributed by atoms with Gasteiger partial charge in [-0.15, -0.1) is 0 Å². The highest BCUT2D eigenvalue weighted by molar-refractivity contribution is 6.07. The van der Waals surface area contributed by atoms with Crippen LogP contribution in [0.1, 0.15) is 33.3 Å². The minimum Gasteiger partial charge on any atom is -0.368 e. The minimum atomic E-state index is -0.577. The Labute approximate surface area is 215 Å². The molecule has 3 heterocycles. The van der Waals surface area contributed by atoms with E-state index in [1.165, 1.54) is 22.9 Å². The quantitative estimate of drug-likeness (QED) is 0.417. The number of amidine groups is 1. The third-order valence-electron chi connectivity index (χ3n) is 6.48. The van der Waals surface area contributed by atoms with E-state index in [2.05, 4.69) is 32.0 Å². The first-order valence-corrected chi connectivity index (χ1v) is 12.2. The molecule has 194 valence electrons. The molecule has 1 atom stereocenters. The van der Waals surface area contributed by atoms with E-state index in [4.69, 9.17) is 5.41 Å². The molecule has 37 heavy (non-hydrogen) atoms. The maximum atomic E-state index is 14.3.